The van der Waals surface area contributed by atoms with Crippen molar-refractivity contribution in [3.8, 4) is 0 Å². The average molecular weight is 390 g/mol. The Labute approximate surface area is 149 Å². The number of hydrogen-bond acceptors (Lipinski definition) is 4. The van der Waals surface area contributed by atoms with Crippen LogP contribution in [0.25, 0.3) is 0 Å². The predicted octanol–water partition coefficient (Wildman–Crippen LogP) is 4.00. The van der Waals surface area contributed by atoms with Crippen LogP contribution in [0.3, 0.4) is 0 Å². The first-order valence-electron chi connectivity index (χ1n) is 8.00. The molecule has 1 aromatic heterocycles. The second-order valence-electron chi connectivity index (χ2n) is 5.90. The number of rotatable bonds is 5. The molecule has 0 radical (unpaired) electrons. The normalized spacial score (nSPS) is 16.8. The topological polar surface area (TPSA) is 63.2 Å². The lowest BCUT2D eigenvalue weighted by molar-refractivity contribution is 0.102. The highest BCUT2D eigenvalue weighted by Gasteiger charge is 2.15. The largest absolute Gasteiger partial charge is 0.381 e. The fourth-order valence-corrected chi connectivity index (χ4v) is 2.87. The van der Waals surface area contributed by atoms with Crippen molar-refractivity contribution in [1.82, 2.24) is 4.98 Å². The van der Waals surface area contributed by atoms with E-state index in [1.807, 2.05) is 31.2 Å². The van der Waals surface area contributed by atoms with E-state index in [0.29, 0.717) is 5.56 Å². The number of halogens is 1. The summed E-state index contributed by atoms with van der Waals surface area (Å²) < 4.78 is 6.60. The van der Waals surface area contributed by atoms with E-state index in [1.165, 1.54) is 0 Å². The summed E-state index contributed by atoms with van der Waals surface area (Å²) in [5.74, 6) is -0.176. The summed E-state index contributed by atoms with van der Waals surface area (Å²) in [6.07, 6.45) is 5.71. The maximum atomic E-state index is 12.4. The Morgan fingerprint density at radius 1 is 1.33 bits per heavy atom. The van der Waals surface area contributed by atoms with Crippen LogP contribution in [-0.2, 0) is 4.74 Å². The zero-order valence-corrected chi connectivity index (χ0v) is 15.1. The highest BCUT2D eigenvalue weighted by atomic mass is 79.9. The van der Waals surface area contributed by atoms with Crippen LogP contribution in [0.4, 0.5) is 11.4 Å². The summed E-state index contributed by atoms with van der Waals surface area (Å²) in [7, 11) is 0. The molecular formula is C18H20BrN3O2. The molecule has 1 atom stereocenters. The molecule has 0 spiro atoms. The molecule has 1 aliphatic heterocycles. The number of anilines is 2. The minimum absolute atomic E-state index is 0.176. The van der Waals surface area contributed by atoms with Gasteiger partial charge in [-0.1, -0.05) is 15.9 Å². The van der Waals surface area contributed by atoms with Crippen molar-refractivity contribution in [3.63, 3.8) is 0 Å². The van der Waals surface area contributed by atoms with Gasteiger partial charge in [0.05, 0.1) is 17.4 Å². The van der Waals surface area contributed by atoms with E-state index in [2.05, 4.69) is 31.5 Å². The Balaban J connectivity index is 1.63. The fraction of sp³-hybridized carbons (Fsp3) is 0.333. The van der Waals surface area contributed by atoms with Gasteiger partial charge >= 0.3 is 0 Å². The average Bonchev–Trinajstić information content (AvgIpc) is 3.10. The lowest BCUT2D eigenvalue weighted by Gasteiger charge is -2.12. The maximum absolute atomic E-state index is 12.4. The molecule has 0 aliphatic carbocycles. The summed E-state index contributed by atoms with van der Waals surface area (Å²) in [5.41, 5.74) is 3.18. The Morgan fingerprint density at radius 2 is 2.21 bits per heavy atom. The van der Waals surface area contributed by atoms with E-state index in [9.17, 15) is 4.79 Å². The second kappa shape index (κ2) is 7.77. The van der Waals surface area contributed by atoms with Crippen LogP contribution in [0, 0.1) is 6.92 Å². The molecular weight excluding hydrogens is 370 g/mol. The summed E-state index contributed by atoms with van der Waals surface area (Å²) in [4.78, 5) is 16.6. The van der Waals surface area contributed by atoms with Gasteiger partial charge in [0, 0.05) is 35.7 Å². The number of carbonyl (C=O) groups excluding carboxylic acids is 1. The predicted molar refractivity (Wildman–Crippen MR) is 98.5 cm³/mol. The molecule has 0 bridgehead atoms. The monoisotopic (exact) mass is 389 g/mol. The van der Waals surface area contributed by atoms with Crippen LogP contribution >= 0.6 is 15.9 Å². The quantitative estimate of drug-likeness (QED) is 0.810. The zero-order chi connectivity index (χ0) is 16.9. The van der Waals surface area contributed by atoms with Gasteiger partial charge in [-0.2, -0.15) is 0 Å². The standard InChI is InChI=1S/C18H20BrN3O2/c1-12-7-14(4-5-17(12)19)22-18(23)13-8-15(10-20-9-13)21-11-16-3-2-6-24-16/h4-5,7-10,16,21H,2-3,6,11H2,1H3,(H,22,23). The van der Waals surface area contributed by atoms with Gasteiger partial charge in [-0.3, -0.25) is 9.78 Å². The molecule has 6 heteroatoms. The molecule has 1 fully saturated rings. The van der Waals surface area contributed by atoms with Crippen LogP contribution in [0.1, 0.15) is 28.8 Å². The highest BCUT2D eigenvalue weighted by molar-refractivity contribution is 9.10. The van der Waals surface area contributed by atoms with Crippen molar-refractivity contribution < 1.29 is 9.53 Å². The number of aromatic nitrogens is 1. The van der Waals surface area contributed by atoms with E-state index >= 15 is 0 Å². The minimum Gasteiger partial charge on any atom is -0.381 e. The number of ether oxygens (including phenoxy) is 1. The SMILES string of the molecule is Cc1cc(NC(=O)c2cncc(NCC3CCCO3)c2)ccc1Br. The molecule has 2 aromatic rings. The van der Waals surface area contributed by atoms with Crippen molar-refractivity contribution >= 4 is 33.2 Å². The number of aryl methyl sites for hydroxylation is 1. The van der Waals surface area contributed by atoms with Gasteiger partial charge in [-0.05, 0) is 49.6 Å². The molecule has 126 valence electrons. The van der Waals surface area contributed by atoms with Gasteiger partial charge in [0.25, 0.3) is 5.91 Å². The molecule has 5 nitrogen and oxygen atoms in total. The van der Waals surface area contributed by atoms with Crippen LogP contribution in [0.15, 0.2) is 41.1 Å². The van der Waals surface area contributed by atoms with E-state index in [1.54, 1.807) is 12.4 Å². The third-order valence-corrected chi connectivity index (χ3v) is 4.86. The molecule has 1 unspecified atom stereocenters. The van der Waals surface area contributed by atoms with Crippen molar-refractivity contribution in [2.24, 2.45) is 0 Å². The first-order chi connectivity index (χ1) is 11.6. The third kappa shape index (κ3) is 4.33. The molecule has 2 heterocycles. The number of benzene rings is 1. The second-order valence-corrected chi connectivity index (χ2v) is 6.75. The van der Waals surface area contributed by atoms with Crippen molar-refractivity contribution in [2.45, 2.75) is 25.9 Å². The van der Waals surface area contributed by atoms with Gasteiger partial charge in [0.2, 0.25) is 0 Å². The first kappa shape index (κ1) is 16.9. The number of nitrogens with zero attached hydrogens (tertiary/aromatic N) is 1. The molecule has 24 heavy (non-hydrogen) atoms. The first-order valence-corrected chi connectivity index (χ1v) is 8.79. The summed E-state index contributed by atoms with van der Waals surface area (Å²) >= 11 is 3.45. The van der Waals surface area contributed by atoms with E-state index in [4.69, 9.17) is 4.74 Å². The Kier molecular flexibility index (Phi) is 5.48. The van der Waals surface area contributed by atoms with Crippen LogP contribution < -0.4 is 10.6 Å². The van der Waals surface area contributed by atoms with E-state index in [-0.39, 0.29) is 12.0 Å². The van der Waals surface area contributed by atoms with E-state index < -0.39 is 0 Å². The van der Waals surface area contributed by atoms with Gasteiger partial charge < -0.3 is 15.4 Å². The molecule has 1 saturated heterocycles. The number of amides is 1. The number of nitrogens with one attached hydrogen (secondary N) is 2. The zero-order valence-electron chi connectivity index (χ0n) is 13.5. The van der Waals surface area contributed by atoms with Gasteiger partial charge in [-0.15, -0.1) is 0 Å². The Morgan fingerprint density at radius 3 is 2.96 bits per heavy atom. The van der Waals surface area contributed by atoms with Crippen molar-refractivity contribution in [1.29, 1.82) is 0 Å². The van der Waals surface area contributed by atoms with Gasteiger partial charge in [0.1, 0.15) is 0 Å². The Hall–Kier alpha value is -1.92. The van der Waals surface area contributed by atoms with Crippen LogP contribution in [0.5, 0.6) is 0 Å². The molecule has 2 N–H and O–H groups in total. The summed E-state index contributed by atoms with van der Waals surface area (Å²) in [6.45, 7) is 3.55. The number of pyridine rings is 1. The smallest absolute Gasteiger partial charge is 0.257 e. The molecule has 3 rings (SSSR count). The summed E-state index contributed by atoms with van der Waals surface area (Å²) in [5, 5.41) is 6.19. The van der Waals surface area contributed by atoms with E-state index in [0.717, 1.165) is 47.4 Å². The number of carbonyl (C=O) groups is 1. The highest BCUT2D eigenvalue weighted by Crippen LogP contribution is 2.21. The molecule has 1 aromatic carbocycles. The van der Waals surface area contributed by atoms with Crippen LogP contribution in [-0.4, -0.2) is 30.1 Å². The van der Waals surface area contributed by atoms with Gasteiger partial charge in [0.15, 0.2) is 0 Å². The van der Waals surface area contributed by atoms with Crippen LogP contribution in [0.2, 0.25) is 0 Å². The molecule has 1 amide bonds. The Bertz CT molecular complexity index is 730. The third-order valence-electron chi connectivity index (χ3n) is 3.97. The fourth-order valence-electron chi connectivity index (χ4n) is 2.62. The summed E-state index contributed by atoms with van der Waals surface area (Å²) in [6, 6.07) is 7.52. The van der Waals surface area contributed by atoms with Crippen molar-refractivity contribution in [3.05, 3.63) is 52.3 Å². The minimum atomic E-state index is -0.176. The molecule has 0 saturated carbocycles. The van der Waals surface area contributed by atoms with Gasteiger partial charge in [-0.25, -0.2) is 0 Å². The lowest BCUT2D eigenvalue weighted by atomic mass is 10.2. The van der Waals surface area contributed by atoms with Crippen molar-refractivity contribution in [2.75, 3.05) is 23.8 Å². The maximum Gasteiger partial charge on any atom is 0.257 e. The number of hydrogen-bond donors (Lipinski definition) is 2. The lowest BCUT2D eigenvalue weighted by Crippen LogP contribution is -2.19. The molecule has 1 aliphatic rings.